The number of nitrogens with one attached hydrogen (secondary N) is 2. The van der Waals surface area contributed by atoms with E-state index < -0.39 is 0 Å². The third kappa shape index (κ3) is 3.24. The first-order chi connectivity index (χ1) is 12.1. The zero-order valence-corrected chi connectivity index (χ0v) is 15.0. The summed E-state index contributed by atoms with van der Waals surface area (Å²) in [5.74, 6) is 2.53. The Labute approximate surface area is 147 Å². The van der Waals surface area contributed by atoms with Gasteiger partial charge in [0.05, 0.1) is 11.7 Å². The summed E-state index contributed by atoms with van der Waals surface area (Å²) in [7, 11) is 6.00. The van der Waals surface area contributed by atoms with E-state index in [0.29, 0.717) is 0 Å². The van der Waals surface area contributed by atoms with Gasteiger partial charge >= 0.3 is 0 Å². The normalized spacial score (nSPS) is 13.9. The highest BCUT2D eigenvalue weighted by molar-refractivity contribution is 5.81. The topological polar surface area (TPSA) is 58.0 Å². The van der Waals surface area contributed by atoms with Gasteiger partial charge in [0.15, 0.2) is 0 Å². The lowest BCUT2D eigenvalue weighted by atomic mass is 10.2. The Morgan fingerprint density at radius 1 is 1.24 bits per heavy atom. The Hall–Kier alpha value is -2.76. The summed E-state index contributed by atoms with van der Waals surface area (Å²) >= 11 is 0. The van der Waals surface area contributed by atoms with Crippen molar-refractivity contribution in [3.8, 4) is 0 Å². The minimum absolute atomic E-state index is 0.783. The van der Waals surface area contributed by atoms with Gasteiger partial charge in [0.25, 0.3) is 0 Å². The van der Waals surface area contributed by atoms with Crippen molar-refractivity contribution >= 4 is 34.2 Å². The van der Waals surface area contributed by atoms with Gasteiger partial charge in [-0.2, -0.15) is 0 Å². The van der Waals surface area contributed by atoms with Crippen molar-refractivity contribution in [1.82, 2.24) is 14.5 Å². The maximum atomic E-state index is 4.65. The molecule has 2 heterocycles. The summed E-state index contributed by atoms with van der Waals surface area (Å²) in [5, 5.41) is 6.62. The van der Waals surface area contributed by atoms with E-state index in [4.69, 9.17) is 0 Å². The van der Waals surface area contributed by atoms with E-state index >= 15 is 0 Å². The molecule has 0 saturated heterocycles. The molecule has 0 bridgehead atoms. The SMILES string of the molecule is CNc1nc2cnc(Nc3cccc(N(C)C)c3)cc2n1CC1CC1. The summed E-state index contributed by atoms with van der Waals surface area (Å²) in [6, 6.07) is 10.4. The molecule has 1 aromatic carbocycles. The number of nitrogens with zero attached hydrogens (tertiary/aromatic N) is 4. The Balaban J connectivity index is 1.67. The van der Waals surface area contributed by atoms with Crippen molar-refractivity contribution in [3.05, 3.63) is 36.5 Å². The molecule has 0 unspecified atom stereocenters. The predicted octanol–water partition coefficient (Wildman–Crippen LogP) is 3.69. The highest BCUT2D eigenvalue weighted by Crippen LogP contribution is 2.34. The molecule has 1 fully saturated rings. The average molecular weight is 336 g/mol. The van der Waals surface area contributed by atoms with E-state index in [2.05, 4.69) is 54.3 Å². The fourth-order valence-corrected chi connectivity index (χ4v) is 3.04. The first-order valence-electron chi connectivity index (χ1n) is 8.72. The van der Waals surface area contributed by atoms with Crippen LogP contribution in [0.5, 0.6) is 0 Å². The van der Waals surface area contributed by atoms with Crippen LogP contribution in [0, 0.1) is 5.92 Å². The Kier molecular flexibility index (Phi) is 3.95. The van der Waals surface area contributed by atoms with Gasteiger partial charge in [0.2, 0.25) is 5.95 Å². The zero-order chi connectivity index (χ0) is 17.4. The molecule has 2 N–H and O–H groups in total. The molecule has 1 aliphatic carbocycles. The largest absolute Gasteiger partial charge is 0.378 e. The highest BCUT2D eigenvalue weighted by Gasteiger charge is 2.24. The molecular formula is C19H24N6. The standard InChI is InChI=1S/C19H24N6/c1-20-19-23-16-11-21-18(10-17(16)25(19)12-13-7-8-13)22-14-5-4-6-15(9-14)24(2)3/h4-6,9-11,13H,7-8,12H2,1-3H3,(H,20,23)(H,21,22). The molecule has 2 aromatic heterocycles. The molecule has 0 radical (unpaired) electrons. The number of pyridine rings is 1. The van der Waals surface area contributed by atoms with E-state index in [9.17, 15) is 0 Å². The fourth-order valence-electron chi connectivity index (χ4n) is 3.04. The van der Waals surface area contributed by atoms with Crippen LogP contribution < -0.4 is 15.5 Å². The lowest BCUT2D eigenvalue weighted by Crippen LogP contribution is -2.08. The molecule has 4 rings (SSSR count). The number of anilines is 4. The smallest absolute Gasteiger partial charge is 0.203 e. The first-order valence-corrected chi connectivity index (χ1v) is 8.72. The number of benzene rings is 1. The van der Waals surface area contributed by atoms with Crippen molar-refractivity contribution in [2.45, 2.75) is 19.4 Å². The first kappa shape index (κ1) is 15.7. The predicted molar refractivity (Wildman–Crippen MR) is 104 cm³/mol. The van der Waals surface area contributed by atoms with Crippen molar-refractivity contribution in [1.29, 1.82) is 0 Å². The fraction of sp³-hybridized carbons (Fsp3) is 0.368. The second kappa shape index (κ2) is 6.27. The molecule has 0 amide bonds. The van der Waals surface area contributed by atoms with Gasteiger partial charge < -0.3 is 20.1 Å². The third-order valence-corrected chi connectivity index (χ3v) is 4.63. The number of hydrogen-bond donors (Lipinski definition) is 2. The van der Waals surface area contributed by atoms with E-state index in [1.54, 1.807) is 0 Å². The van der Waals surface area contributed by atoms with Gasteiger partial charge in [0, 0.05) is 45.1 Å². The number of hydrogen-bond acceptors (Lipinski definition) is 5. The molecule has 3 aromatic rings. The van der Waals surface area contributed by atoms with E-state index in [-0.39, 0.29) is 0 Å². The average Bonchev–Trinajstić information content (AvgIpc) is 3.36. The monoisotopic (exact) mass is 336 g/mol. The molecule has 25 heavy (non-hydrogen) atoms. The second-order valence-corrected chi connectivity index (χ2v) is 6.87. The zero-order valence-electron chi connectivity index (χ0n) is 15.0. The molecule has 130 valence electrons. The molecule has 0 spiro atoms. The number of fused-ring (bicyclic) bond motifs is 1. The van der Waals surface area contributed by atoms with Crippen LogP contribution in [-0.4, -0.2) is 35.7 Å². The van der Waals surface area contributed by atoms with Gasteiger partial charge in [-0.05, 0) is 37.0 Å². The molecule has 0 atom stereocenters. The quantitative estimate of drug-likeness (QED) is 0.719. The maximum absolute atomic E-state index is 4.65. The van der Waals surface area contributed by atoms with E-state index in [1.165, 1.54) is 12.8 Å². The third-order valence-electron chi connectivity index (χ3n) is 4.63. The minimum Gasteiger partial charge on any atom is -0.378 e. The van der Waals surface area contributed by atoms with Crippen molar-refractivity contribution in [2.75, 3.05) is 36.7 Å². The molecule has 6 heteroatoms. The van der Waals surface area contributed by atoms with Crippen LogP contribution in [0.4, 0.5) is 23.1 Å². The summed E-state index contributed by atoms with van der Waals surface area (Å²) < 4.78 is 2.27. The Bertz CT molecular complexity index is 894. The Morgan fingerprint density at radius 2 is 2.08 bits per heavy atom. The minimum atomic E-state index is 0.783. The van der Waals surface area contributed by atoms with Gasteiger partial charge in [-0.15, -0.1) is 0 Å². The lowest BCUT2D eigenvalue weighted by molar-refractivity contribution is 0.648. The van der Waals surface area contributed by atoms with Crippen LogP contribution in [0.2, 0.25) is 0 Å². The number of rotatable bonds is 6. The van der Waals surface area contributed by atoms with Crippen molar-refractivity contribution in [2.24, 2.45) is 5.92 Å². The summed E-state index contributed by atoms with van der Waals surface area (Å²) in [5.41, 5.74) is 4.23. The van der Waals surface area contributed by atoms with E-state index in [1.807, 2.05) is 33.4 Å². The molecule has 6 nitrogen and oxygen atoms in total. The number of imidazole rings is 1. The summed E-state index contributed by atoms with van der Waals surface area (Å²) in [6.07, 6.45) is 4.48. The highest BCUT2D eigenvalue weighted by atomic mass is 15.2. The Morgan fingerprint density at radius 3 is 2.80 bits per heavy atom. The van der Waals surface area contributed by atoms with Gasteiger partial charge in [-0.3, -0.25) is 0 Å². The molecule has 0 aliphatic heterocycles. The molecular weight excluding hydrogens is 312 g/mol. The van der Waals surface area contributed by atoms with Crippen LogP contribution in [0.1, 0.15) is 12.8 Å². The molecule has 1 saturated carbocycles. The van der Waals surface area contributed by atoms with Crippen LogP contribution >= 0.6 is 0 Å². The van der Waals surface area contributed by atoms with Gasteiger partial charge in [0.1, 0.15) is 11.3 Å². The lowest BCUT2D eigenvalue weighted by Gasteiger charge is -2.14. The van der Waals surface area contributed by atoms with Crippen LogP contribution in [-0.2, 0) is 6.54 Å². The van der Waals surface area contributed by atoms with Crippen molar-refractivity contribution < 1.29 is 0 Å². The van der Waals surface area contributed by atoms with Crippen molar-refractivity contribution in [3.63, 3.8) is 0 Å². The van der Waals surface area contributed by atoms with E-state index in [0.717, 1.165) is 46.6 Å². The van der Waals surface area contributed by atoms with Crippen LogP contribution in [0.15, 0.2) is 36.5 Å². The van der Waals surface area contributed by atoms with Crippen LogP contribution in [0.3, 0.4) is 0 Å². The molecule has 1 aliphatic rings. The summed E-state index contributed by atoms with van der Waals surface area (Å²) in [6.45, 7) is 1.02. The summed E-state index contributed by atoms with van der Waals surface area (Å²) in [4.78, 5) is 11.3. The van der Waals surface area contributed by atoms with Gasteiger partial charge in [-0.25, -0.2) is 9.97 Å². The second-order valence-electron chi connectivity index (χ2n) is 6.87. The maximum Gasteiger partial charge on any atom is 0.203 e. The van der Waals surface area contributed by atoms with Crippen LogP contribution in [0.25, 0.3) is 11.0 Å². The van der Waals surface area contributed by atoms with Gasteiger partial charge in [-0.1, -0.05) is 6.07 Å². The number of aromatic nitrogens is 3.